The van der Waals surface area contributed by atoms with Crippen LogP contribution in [0.2, 0.25) is 0 Å². The number of halogens is 2. The average Bonchev–Trinajstić information content (AvgIpc) is 2.15. The number of anilines is 2. The number of thioether (sulfide) groups is 1. The molecular weight excluding hydrogens is 218 g/mol. The van der Waals surface area contributed by atoms with Gasteiger partial charge in [0.2, 0.25) is 0 Å². The van der Waals surface area contributed by atoms with Crippen molar-refractivity contribution >= 4 is 23.1 Å². The van der Waals surface area contributed by atoms with Crippen LogP contribution in [-0.2, 0) is 0 Å². The van der Waals surface area contributed by atoms with Gasteiger partial charge in [-0.05, 0) is 30.6 Å². The van der Waals surface area contributed by atoms with Crippen LogP contribution in [0.25, 0.3) is 0 Å². The fourth-order valence-electron chi connectivity index (χ4n) is 1.19. The van der Waals surface area contributed by atoms with Crippen molar-refractivity contribution in [3.63, 3.8) is 0 Å². The maximum Gasteiger partial charge on any atom is 0.151 e. The normalized spacial score (nSPS) is 10.3. The maximum absolute atomic E-state index is 13.2. The monoisotopic (exact) mass is 232 g/mol. The van der Waals surface area contributed by atoms with E-state index in [-0.39, 0.29) is 11.4 Å². The Labute approximate surface area is 92.2 Å². The summed E-state index contributed by atoms with van der Waals surface area (Å²) in [6, 6.07) is 2.22. The zero-order valence-corrected chi connectivity index (χ0v) is 9.33. The molecule has 2 nitrogen and oxygen atoms in total. The molecule has 0 amide bonds. The van der Waals surface area contributed by atoms with Crippen molar-refractivity contribution in [3.05, 3.63) is 23.8 Å². The van der Waals surface area contributed by atoms with Gasteiger partial charge in [0.05, 0.1) is 0 Å². The van der Waals surface area contributed by atoms with Crippen molar-refractivity contribution in [3.8, 4) is 0 Å². The van der Waals surface area contributed by atoms with E-state index in [2.05, 4.69) is 5.32 Å². The first-order valence-corrected chi connectivity index (χ1v) is 6.02. The fourth-order valence-corrected chi connectivity index (χ4v) is 1.62. The molecule has 1 aromatic carbocycles. The first kappa shape index (κ1) is 12.1. The molecule has 0 spiro atoms. The molecule has 0 heterocycles. The van der Waals surface area contributed by atoms with Gasteiger partial charge in [-0.1, -0.05) is 0 Å². The Balaban J connectivity index is 2.60. The van der Waals surface area contributed by atoms with Crippen LogP contribution in [0.1, 0.15) is 6.42 Å². The van der Waals surface area contributed by atoms with Gasteiger partial charge < -0.3 is 11.1 Å². The largest absolute Gasteiger partial charge is 0.399 e. The summed E-state index contributed by atoms with van der Waals surface area (Å²) in [4.78, 5) is 0. The molecule has 0 aliphatic heterocycles. The number of hydrogen-bond donors (Lipinski definition) is 2. The SMILES string of the molecule is CSCCCNc1c(F)cc(N)cc1F. The quantitative estimate of drug-likeness (QED) is 0.605. The van der Waals surface area contributed by atoms with Gasteiger partial charge in [0.1, 0.15) is 5.69 Å². The lowest BCUT2D eigenvalue weighted by molar-refractivity contribution is 0.589. The molecule has 0 aromatic heterocycles. The molecule has 3 N–H and O–H groups in total. The minimum Gasteiger partial charge on any atom is -0.399 e. The number of nitrogen functional groups attached to an aromatic ring is 1. The van der Waals surface area contributed by atoms with Crippen LogP contribution < -0.4 is 11.1 Å². The van der Waals surface area contributed by atoms with Crippen molar-refractivity contribution in [2.75, 3.05) is 29.6 Å². The van der Waals surface area contributed by atoms with Crippen LogP contribution in [0.15, 0.2) is 12.1 Å². The highest BCUT2D eigenvalue weighted by molar-refractivity contribution is 7.98. The average molecular weight is 232 g/mol. The molecule has 15 heavy (non-hydrogen) atoms. The summed E-state index contributed by atoms with van der Waals surface area (Å²) >= 11 is 1.70. The summed E-state index contributed by atoms with van der Waals surface area (Å²) in [6.07, 6.45) is 2.86. The molecule has 0 aliphatic carbocycles. The van der Waals surface area contributed by atoms with Crippen LogP contribution in [0.5, 0.6) is 0 Å². The third-order valence-electron chi connectivity index (χ3n) is 1.89. The van der Waals surface area contributed by atoms with E-state index in [1.807, 2.05) is 6.26 Å². The number of hydrogen-bond acceptors (Lipinski definition) is 3. The van der Waals surface area contributed by atoms with Crippen molar-refractivity contribution in [1.29, 1.82) is 0 Å². The summed E-state index contributed by atoms with van der Waals surface area (Å²) in [6.45, 7) is 0.554. The van der Waals surface area contributed by atoms with E-state index in [4.69, 9.17) is 5.73 Å². The maximum atomic E-state index is 13.2. The molecule has 0 unspecified atom stereocenters. The second-order valence-corrected chi connectivity index (χ2v) is 4.12. The van der Waals surface area contributed by atoms with Gasteiger partial charge in [0.25, 0.3) is 0 Å². The van der Waals surface area contributed by atoms with Gasteiger partial charge in [-0.25, -0.2) is 8.78 Å². The Morgan fingerprint density at radius 2 is 1.93 bits per heavy atom. The summed E-state index contributed by atoms with van der Waals surface area (Å²) < 4.78 is 26.5. The van der Waals surface area contributed by atoms with E-state index < -0.39 is 11.6 Å². The van der Waals surface area contributed by atoms with Crippen LogP contribution in [0.4, 0.5) is 20.2 Å². The molecule has 0 fully saturated rings. The third-order valence-corrected chi connectivity index (χ3v) is 2.59. The van der Waals surface area contributed by atoms with E-state index in [0.717, 1.165) is 24.3 Å². The van der Waals surface area contributed by atoms with E-state index in [1.165, 1.54) is 0 Å². The summed E-state index contributed by atoms with van der Waals surface area (Å²) in [5, 5.41) is 2.72. The topological polar surface area (TPSA) is 38.0 Å². The zero-order valence-electron chi connectivity index (χ0n) is 8.52. The van der Waals surface area contributed by atoms with Crippen LogP contribution in [0.3, 0.4) is 0 Å². The Morgan fingerprint density at radius 1 is 1.33 bits per heavy atom. The predicted molar refractivity (Wildman–Crippen MR) is 62.3 cm³/mol. The molecule has 5 heteroatoms. The van der Waals surface area contributed by atoms with Crippen molar-refractivity contribution in [1.82, 2.24) is 0 Å². The van der Waals surface area contributed by atoms with Crippen LogP contribution in [-0.4, -0.2) is 18.6 Å². The molecule has 0 atom stereocenters. The van der Waals surface area contributed by atoms with E-state index >= 15 is 0 Å². The third kappa shape index (κ3) is 3.58. The van der Waals surface area contributed by atoms with Gasteiger partial charge >= 0.3 is 0 Å². The predicted octanol–water partition coefficient (Wildman–Crippen LogP) is 2.71. The highest BCUT2D eigenvalue weighted by Crippen LogP contribution is 2.21. The molecule has 84 valence electrons. The van der Waals surface area contributed by atoms with Gasteiger partial charge in [-0.2, -0.15) is 11.8 Å². The number of nitrogens with one attached hydrogen (secondary N) is 1. The van der Waals surface area contributed by atoms with E-state index in [1.54, 1.807) is 11.8 Å². The van der Waals surface area contributed by atoms with Crippen molar-refractivity contribution in [2.45, 2.75) is 6.42 Å². The Hall–Kier alpha value is -0.970. The minimum atomic E-state index is -0.642. The number of benzene rings is 1. The highest BCUT2D eigenvalue weighted by Gasteiger charge is 2.08. The Morgan fingerprint density at radius 3 is 2.47 bits per heavy atom. The Bertz CT molecular complexity index is 308. The summed E-state index contributed by atoms with van der Waals surface area (Å²) in [5.74, 6) is -0.320. The lowest BCUT2D eigenvalue weighted by Crippen LogP contribution is -2.07. The highest BCUT2D eigenvalue weighted by atomic mass is 32.2. The zero-order chi connectivity index (χ0) is 11.3. The van der Waals surface area contributed by atoms with Gasteiger partial charge in [0, 0.05) is 12.2 Å². The lowest BCUT2D eigenvalue weighted by Gasteiger charge is -2.08. The second kappa shape index (κ2) is 5.80. The standard InChI is InChI=1S/C10H14F2N2S/c1-15-4-2-3-14-10-8(11)5-7(13)6-9(10)12/h5-6,14H,2-4,13H2,1H3. The first-order valence-electron chi connectivity index (χ1n) is 4.62. The van der Waals surface area contributed by atoms with Crippen molar-refractivity contribution in [2.24, 2.45) is 0 Å². The fraction of sp³-hybridized carbons (Fsp3) is 0.400. The molecule has 0 saturated carbocycles. The number of nitrogens with two attached hydrogens (primary N) is 1. The molecule has 1 rings (SSSR count). The van der Waals surface area contributed by atoms with E-state index in [9.17, 15) is 8.78 Å². The summed E-state index contributed by atoms with van der Waals surface area (Å²) in [5.41, 5.74) is 5.30. The molecule has 0 aliphatic rings. The number of rotatable bonds is 5. The smallest absolute Gasteiger partial charge is 0.151 e. The van der Waals surface area contributed by atoms with Gasteiger partial charge in [0.15, 0.2) is 11.6 Å². The van der Waals surface area contributed by atoms with E-state index in [0.29, 0.717) is 6.54 Å². The second-order valence-electron chi connectivity index (χ2n) is 3.13. The summed E-state index contributed by atoms with van der Waals surface area (Å²) in [7, 11) is 0. The molecule has 0 radical (unpaired) electrons. The molecule has 0 saturated heterocycles. The van der Waals surface area contributed by atoms with Crippen LogP contribution >= 0.6 is 11.8 Å². The van der Waals surface area contributed by atoms with Gasteiger partial charge in [-0.15, -0.1) is 0 Å². The minimum absolute atomic E-state index is 0.0923. The van der Waals surface area contributed by atoms with Crippen LogP contribution in [0, 0.1) is 11.6 Å². The van der Waals surface area contributed by atoms with Crippen molar-refractivity contribution < 1.29 is 8.78 Å². The first-order chi connectivity index (χ1) is 7.15. The molecule has 0 bridgehead atoms. The molecule has 1 aromatic rings. The lowest BCUT2D eigenvalue weighted by atomic mass is 10.2. The molecular formula is C10H14F2N2S. The Kier molecular flexibility index (Phi) is 4.68. The van der Waals surface area contributed by atoms with Gasteiger partial charge in [-0.3, -0.25) is 0 Å².